The van der Waals surface area contributed by atoms with E-state index in [-0.39, 0.29) is 12.1 Å². The van der Waals surface area contributed by atoms with Crippen LogP contribution in [-0.4, -0.2) is 29.2 Å². The number of hydrogen-bond acceptors (Lipinski definition) is 2. The van der Waals surface area contributed by atoms with Crippen LogP contribution in [-0.2, 0) is 4.79 Å². The van der Waals surface area contributed by atoms with E-state index >= 15 is 0 Å². The molecule has 104 valence electrons. The summed E-state index contributed by atoms with van der Waals surface area (Å²) in [6.07, 6.45) is 4.50. The molecule has 0 saturated heterocycles. The van der Waals surface area contributed by atoms with Gasteiger partial charge in [0, 0.05) is 6.04 Å². The largest absolute Gasteiger partial charge is 0.480 e. The number of urea groups is 1. The summed E-state index contributed by atoms with van der Waals surface area (Å²) in [5.41, 5.74) is 0.363. The van der Waals surface area contributed by atoms with Crippen molar-refractivity contribution in [1.82, 2.24) is 10.6 Å². The van der Waals surface area contributed by atoms with E-state index in [9.17, 15) is 9.59 Å². The molecule has 0 aromatic heterocycles. The lowest BCUT2D eigenvalue weighted by atomic mass is 9.76. The first kappa shape index (κ1) is 14.8. The third-order valence-corrected chi connectivity index (χ3v) is 3.69. The van der Waals surface area contributed by atoms with Crippen molar-refractivity contribution in [2.45, 2.75) is 65.0 Å². The van der Waals surface area contributed by atoms with Crippen LogP contribution in [0.4, 0.5) is 4.79 Å². The lowest BCUT2D eigenvalue weighted by molar-refractivity contribution is -0.139. The van der Waals surface area contributed by atoms with Crippen LogP contribution in [0, 0.1) is 5.41 Å². The zero-order chi connectivity index (χ0) is 13.8. The van der Waals surface area contributed by atoms with Gasteiger partial charge in [0.25, 0.3) is 0 Å². The Balaban J connectivity index is 2.35. The number of carboxylic acid groups (broad SMARTS) is 1. The minimum Gasteiger partial charge on any atom is -0.480 e. The van der Waals surface area contributed by atoms with Gasteiger partial charge in [-0.05, 0) is 37.5 Å². The van der Waals surface area contributed by atoms with Gasteiger partial charge < -0.3 is 15.7 Å². The SMILES string of the molecule is CCC(NC(=O)NC1CCC(C)(C)CC1)C(=O)O. The molecule has 0 radical (unpaired) electrons. The Morgan fingerprint density at radius 2 is 1.89 bits per heavy atom. The third kappa shape index (κ3) is 4.55. The molecular weight excluding hydrogens is 232 g/mol. The molecule has 18 heavy (non-hydrogen) atoms. The van der Waals surface area contributed by atoms with Crippen molar-refractivity contribution in [1.29, 1.82) is 0 Å². The average molecular weight is 256 g/mol. The average Bonchev–Trinajstić information content (AvgIpc) is 2.28. The molecule has 5 heteroatoms. The minimum atomic E-state index is -0.988. The second kappa shape index (κ2) is 6.07. The molecule has 0 aromatic carbocycles. The summed E-state index contributed by atoms with van der Waals surface area (Å²) in [4.78, 5) is 22.5. The van der Waals surface area contributed by atoms with Gasteiger partial charge in [-0.1, -0.05) is 20.8 Å². The maximum Gasteiger partial charge on any atom is 0.326 e. The Morgan fingerprint density at radius 1 is 1.33 bits per heavy atom. The summed E-state index contributed by atoms with van der Waals surface area (Å²) >= 11 is 0. The fourth-order valence-electron chi connectivity index (χ4n) is 2.27. The van der Waals surface area contributed by atoms with Crippen molar-refractivity contribution >= 4 is 12.0 Å². The van der Waals surface area contributed by atoms with Crippen LogP contribution >= 0.6 is 0 Å². The molecule has 2 amide bonds. The van der Waals surface area contributed by atoms with Gasteiger partial charge in [-0.3, -0.25) is 0 Å². The summed E-state index contributed by atoms with van der Waals surface area (Å²) in [6.45, 7) is 6.21. The molecule has 0 aromatic rings. The Morgan fingerprint density at radius 3 is 2.33 bits per heavy atom. The van der Waals surface area contributed by atoms with Crippen LogP contribution in [0.5, 0.6) is 0 Å². The van der Waals surface area contributed by atoms with Gasteiger partial charge in [-0.15, -0.1) is 0 Å². The fraction of sp³-hybridized carbons (Fsp3) is 0.846. The Kier molecular flexibility index (Phi) is 4.99. The molecule has 1 atom stereocenters. The zero-order valence-corrected chi connectivity index (χ0v) is 11.5. The lowest BCUT2D eigenvalue weighted by Gasteiger charge is -2.34. The Hall–Kier alpha value is -1.26. The van der Waals surface area contributed by atoms with Crippen LogP contribution < -0.4 is 10.6 Å². The molecule has 1 aliphatic carbocycles. The first-order chi connectivity index (χ1) is 8.34. The Labute approximate surface area is 108 Å². The summed E-state index contributed by atoms with van der Waals surface area (Å²) in [5, 5.41) is 14.2. The predicted molar refractivity (Wildman–Crippen MR) is 69.4 cm³/mol. The molecule has 1 unspecified atom stereocenters. The van der Waals surface area contributed by atoms with Gasteiger partial charge >= 0.3 is 12.0 Å². The van der Waals surface area contributed by atoms with Crippen molar-refractivity contribution in [3.63, 3.8) is 0 Å². The van der Waals surface area contributed by atoms with E-state index in [1.807, 2.05) is 0 Å². The van der Waals surface area contributed by atoms with E-state index in [4.69, 9.17) is 5.11 Å². The van der Waals surface area contributed by atoms with Gasteiger partial charge in [0.2, 0.25) is 0 Å². The number of carbonyl (C=O) groups excluding carboxylic acids is 1. The standard InChI is InChI=1S/C13H24N2O3/c1-4-10(11(16)17)15-12(18)14-9-5-7-13(2,3)8-6-9/h9-10H,4-8H2,1-3H3,(H,16,17)(H2,14,15,18). The van der Waals surface area contributed by atoms with Gasteiger partial charge in [-0.2, -0.15) is 0 Å². The molecule has 0 spiro atoms. The van der Waals surface area contributed by atoms with Gasteiger partial charge in [0.15, 0.2) is 0 Å². The number of hydrogen-bond donors (Lipinski definition) is 3. The minimum absolute atomic E-state index is 0.171. The van der Waals surface area contributed by atoms with E-state index in [0.29, 0.717) is 11.8 Å². The molecule has 1 aliphatic rings. The van der Waals surface area contributed by atoms with Gasteiger partial charge in [0.1, 0.15) is 6.04 Å². The number of aliphatic carboxylic acids is 1. The van der Waals surface area contributed by atoms with E-state index in [0.717, 1.165) is 25.7 Å². The zero-order valence-electron chi connectivity index (χ0n) is 11.5. The quantitative estimate of drug-likeness (QED) is 0.721. The molecule has 5 nitrogen and oxygen atoms in total. The maximum absolute atomic E-state index is 11.7. The monoisotopic (exact) mass is 256 g/mol. The number of nitrogens with one attached hydrogen (secondary N) is 2. The number of rotatable bonds is 4. The molecule has 1 fully saturated rings. The highest BCUT2D eigenvalue weighted by molar-refractivity contribution is 5.82. The smallest absolute Gasteiger partial charge is 0.326 e. The molecular formula is C13H24N2O3. The first-order valence-corrected chi connectivity index (χ1v) is 6.64. The predicted octanol–water partition coefficient (Wildman–Crippen LogP) is 2.12. The third-order valence-electron chi connectivity index (χ3n) is 3.69. The highest BCUT2D eigenvalue weighted by atomic mass is 16.4. The van der Waals surface area contributed by atoms with E-state index in [1.54, 1.807) is 6.92 Å². The molecule has 0 bridgehead atoms. The lowest BCUT2D eigenvalue weighted by Crippen LogP contribution is -2.49. The van der Waals surface area contributed by atoms with Crippen LogP contribution in [0.3, 0.4) is 0 Å². The molecule has 0 aliphatic heterocycles. The molecule has 0 heterocycles. The first-order valence-electron chi connectivity index (χ1n) is 6.64. The van der Waals surface area contributed by atoms with Crippen molar-refractivity contribution in [2.24, 2.45) is 5.41 Å². The molecule has 1 saturated carbocycles. The number of carboxylic acids is 1. The van der Waals surface area contributed by atoms with E-state index in [1.165, 1.54) is 0 Å². The second-order valence-corrected chi connectivity index (χ2v) is 5.86. The number of amides is 2. The van der Waals surface area contributed by atoms with E-state index in [2.05, 4.69) is 24.5 Å². The highest BCUT2D eigenvalue weighted by Crippen LogP contribution is 2.34. The van der Waals surface area contributed by atoms with Crippen molar-refractivity contribution in [2.75, 3.05) is 0 Å². The maximum atomic E-state index is 11.7. The van der Waals surface area contributed by atoms with Crippen molar-refractivity contribution < 1.29 is 14.7 Å². The topological polar surface area (TPSA) is 78.4 Å². The van der Waals surface area contributed by atoms with Crippen LogP contribution in [0.15, 0.2) is 0 Å². The summed E-state index contributed by atoms with van der Waals surface area (Å²) in [5.74, 6) is -0.988. The van der Waals surface area contributed by atoms with Gasteiger partial charge in [0.05, 0.1) is 0 Å². The van der Waals surface area contributed by atoms with Crippen molar-refractivity contribution in [3.05, 3.63) is 0 Å². The molecule has 3 N–H and O–H groups in total. The van der Waals surface area contributed by atoms with Crippen LogP contribution in [0.1, 0.15) is 52.9 Å². The molecule has 1 rings (SSSR count). The summed E-state index contributed by atoms with van der Waals surface area (Å²) in [6, 6.07) is -0.997. The normalized spacial score (nSPS) is 21.1. The Bertz CT molecular complexity index is 305. The highest BCUT2D eigenvalue weighted by Gasteiger charge is 2.28. The summed E-state index contributed by atoms with van der Waals surface area (Å²) in [7, 11) is 0. The second-order valence-electron chi connectivity index (χ2n) is 5.86. The van der Waals surface area contributed by atoms with Crippen LogP contribution in [0.25, 0.3) is 0 Å². The summed E-state index contributed by atoms with van der Waals surface area (Å²) < 4.78 is 0. The van der Waals surface area contributed by atoms with Crippen molar-refractivity contribution in [3.8, 4) is 0 Å². The van der Waals surface area contributed by atoms with E-state index < -0.39 is 12.0 Å². The van der Waals surface area contributed by atoms with Gasteiger partial charge in [-0.25, -0.2) is 9.59 Å². The van der Waals surface area contributed by atoms with Crippen LogP contribution in [0.2, 0.25) is 0 Å². The number of carbonyl (C=O) groups is 2. The fourth-order valence-corrected chi connectivity index (χ4v) is 2.27.